The van der Waals surface area contributed by atoms with E-state index in [0.29, 0.717) is 15.7 Å². The molecule has 1 atom stereocenters. The first kappa shape index (κ1) is 27.2. The fourth-order valence-corrected chi connectivity index (χ4v) is 6.15. The lowest BCUT2D eigenvalue weighted by Crippen LogP contribution is -2.64. The molecule has 6 nitrogen and oxygen atoms in total. The minimum absolute atomic E-state index is 0.148. The van der Waals surface area contributed by atoms with Gasteiger partial charge in [-0.05, 0) is 28.8 Å². The molecule has 5 rings (SSSR count). The fraction of sp³-hybridized carbons (Fsp3) is 0.500. The molecule has 2 aromatic heterocycles. The molecule has 2 aromatic rings. The Kier molecular flexibility index (Phi) is 8.64. The lowest BCUT2D eigenvalue weighted by molar-refractivity contribution is -0.939. The molecule has 0 spiro atoms. The van der Waals surface area contributed by atoms with Crippen molar-refractivity contribution in [3.63, 3.8) is 0 Å². The number of fused-ring (bicyclic) bond motifs is 3. The van der Waals surface area contributed by atoms with Crippen molar-refractivity contribution in [1.82, 2.24) is 0 Å². The number of quaternary nitrogens is 1. The normalized spacial score (nSPS) is 23.5. The first-order chi connectivity index (χ1) is 16.5. The summed E-state index contributed by atoms with van der Waals surface area (Å²) in [7, 11) is 0. The van der Waals surface area contributed by atoms with Crippen LogP contribution in [0.3, 0.4) is 0 Å². The van der Waals surface area contributed by atoms with Crippen molar-refractivity contribution in [2.75, 3.05) is 26.2 Å². The van der Waals surface area contributed by atoms with E-state index < -0.39 is 23.7 Å². The van der Waals surface area contributed by atoms with Crippen molar-refractivity contribution in [2.45, 2.75) is 44.1 Å². The van der Waals surface area contributed by atoms with Gasteiger partial charge in [-0.1, -0.05) is 25.0 Å². The molecule has 0 unspecified atom stereocenters. The van der Waals surface area contributed by atoms with E-state index in [1.54, 1.807) is 12.1 Å². The van der Waals surface area contributed by atoms with Crippen LogP contribution in [0.15, 0.2) is 35.0 Å². The third-order valence-electron chi connectivity index (χ3n) is 6.30. The van der Waals surface area contributed by atoms with Gasteiger partial charge in [-0.25, -0.2) is 4.79 Å². The van der Waals surface area contributed by atoms with Gasteiger partial charge >= 0.3 is 12.1 Å². The lowest BCUT2D eigenvalue weighted by Gasteiger charge is -2.51. The number of hydrogen-bond acceptors (Lipinski definition) is 7. The number of carbonyl (C=O) groups is 2. The van der Waals surface area contributed by atoms with Crippen LogP contribution >= 0.6 is 22.7 Å². The predicted octanol–water partition coefficient (Wildman–Crippen LogP) is 2.91. The minimum Gasteiger partial charge on any atom is -0.542 e. The van der Waals surface area contributed by atoms with E-state index in [1.165, 1.54) is 22.7 Å². The number of carboxylic acid groups (broad SMARTS) is 1. The summed E-state index contributed by atoms with van der Waals surface area (Å²) in [5.74, 6) is 3.32. The van der Waals surface area contributed by atoms with Gasteiger partial charge in [-0.3, -0.25) is 0 Å². The van der Waals surface area contributed by atoms with Crippen LogP contribution in [0.4, 0.5) is 13.2 Å². The van der Waals surface area contributed by atoms with Gasteiger partial charge in [0.25, 0.3) is 0 Å². The van der Waals surface area contributed by atoms with Crippen molar-refractivity contribution in [2.24, 2.45) is 5.92 Å². The highest BCUT2D eigenvalue weighted by Gasteiger charge is 2.51. The monoisotopic (exact) mass is 529 g/mol. The first-order valence-corrected chi connectivity index (χ1v) is 12.9. The largest absolute Gasteiger partial charge is 0.542 e. The molecule has 0 aliphatic carbocycles. The molecule has 35 heavy (non-hydrogen) atoms. The standard InChI is InChI=1S/C22H26NO3S2.C2HF3O2/c1-2-3-4-11-23-12-9-17(10-13-23)18(16-23)26-21(24)22(25,19-7-5-14-27-19)20-8-6-15-28-20;3-2(4,5)1(6)7/h5-8,14-15,17-18,25H,2,9-13,16H2,1H3;(H,6,7)/q+1;/p-1/t17?,18-,23?;/m0./s1. The Hall–Kier alpha value is -2.39. The van der Waals surface area contributed by atoms with Crippen LogP contribution in [0.5, 0.6) is 0 Å². The summed E-state index contributed by atoms with van der Waals surface area (Å²) in [4.78, 5) is 23.3. The van der Waals surface area contributed by atoms with Crippen LogP contribution in [0.25, 0.3) is 0 Å². The highest BCUT2D eigenvalue weighted by atomic mass is 32.1. The second-order valence-electron chi connectivity index (χ2n) is 8.57. The quantitative estimate of drug-likeness (QED) is 0.366. The smallest absolute Gasteiger partial charge is 0.430 e. The third-order valence-corrected chi connectivity index (χ3v) is 8.26. The Bertz CT molecular complexity index is 1020. The zero-order chi connectivity index (χ0) is 25.7. The van der Waals surface area contributed by atoms with E-state index in [-0.39, 0.29) is 6.10 Å². The molecule has 11 heteroatoms. The number of halogens is 3. The van der Waals surface area contributed by atoms with Gasteiger partial charge in [0, 0.05) is 25.2 Å². The van der Waals surface area contributed by atoms with E-state index in [2.05, 4.69) is 18.8 Å². The molecule has 0 aromatic carbocycles. The second-order valence-corrected chi connectivity index (χ2v) is 10.5. The lowest BCUT2D eigenvalue weighted by atomic mass is 9.83. The number of hydrogen-bond donors (Lipinski definition) is 1. The topological polar surface area (TPSA) is 86.7 Å². The number of carbonyl (C=O) groups excluding carboxylic acids is 2. The number of ether oxygens (including phenoxy) is 1. The van der Waals surface area contributed by atoms with Crippen molar-refractivity contribution in [1.29, 1.82) is 0 Å². The average molecular weight is 530 g/mol. The Labute approximate surface area is 209 Å². The van der Waals surface area contributed by atoms with E-state index in [1.807, 2.05) is 22.9 Å². The average Bonchev–Trinajstić information content (AvgIpc) is 3.54. The van der Waals surface area contributed by atoms with Gasteiger partial charge in [-0.2, -0.15) is 13.2 Å². The van der Waals surface area contributed by atoms with E-state index in [4.69, 9.17) is 14.6 Å². The maximum absolute atomic E-state index is 13.3. The van der Waals surface area contributed by atoms with Gasteiger partial charge in [-0.15, -0.1) is 22.7 Å². The summed E-state index contributed by atoms with van der Waals surface area (Å²) >= 11 is 2.76. The summed E-state index contributed by atoms with van der Waals surface area (Å²) in [6.07, 6.45) is -2.36. The molecule has 0 amide bonds. The van der Waals surface area contributed by atoms with Gasteiger partial charge < -0.3 is 24.2 Å². The van der Waals surface area contributed by atoms with Crippen molar-refractivity contribution in [3.05, 3.63) is 44.8 Å². The Morgan fingerprint density at radius 2 is 1.69 bits per heavy atom. The zero-order valence-electron chi connectivity index (χ0n) is 19.0. The Balaban J connectivity index is 0.000000429. The molecule has 190 valence electrons. The molecule has 2 bridgehead atoms. The van der Waals surface area contributed by atoms with Crippen LogP contribution in [0.1, 0.15) is 35.9 Å². The van der Waals surface area contributed by atoms with Gasteiger partial charge in [0.2, 0.25) is 5.60 Å². The number of rotatable bonds is 5. The number of aliphatic hydroxyl groups is 1. The molecule has 0 saturated carbocycles. The third kappa shape index (κ3) is 6.25. The van der Waals surface area contributed by atoms with Crippen LogP contribution in [0, 0.1) is 17.8 Å². The summed E-state index contributed by atoms with van der Waals surface area (Å²) in [5.41, 5.74) is -1.72. The molecular formula is C24H26F3NO5S2. The summed E-state index contributed by atoms with van der Waals surface area (Å²) in [6.45, 7) is 5.92. The van der Waals surface area contributed by atoms with E-state index in [9.17, 15) is 23.1 Å². The maximum Gasteiger partial charge on any atom is 0.430 e. The highest BCUT2D eigenvalue weighted by molar-refractivity contribution is 7.12. The molecule has 5 heterocycles. The van der Waals surface area contributed by atoms with Crippen LogP contribution in [-0.2, 0) is 19.9 Å². The zero-order valence-corrected chi connectivity index (χ0v) is 20.7. The van der Waals surface area contributed by atoms with Crippen LogP contribution < -0.4 is 5.11 Å². The summed E-state index contributed by atoms with van der Waals surface area (Å²) < 4.78 is 38.5. The van der Waals surface area contributed by atoms with Crippen molar-refractivity contribution >= 4 is 34.6 Å². The molecule has 0 radical (unpaired) electrons. The maximum atomic E-state index is 13.3. The number of carboxylic acids is 1. The van der Waals surface area contributed by atoms with Crippen LogP contribution in [-0.4, -0.2) is 60.0 Å². The number of esters is 1. The van der Waals surface area contributed by atoms with E-state index >= 15 is 0 Å². The molecule has 3 saturated heterocycles. The molecule has 3 fully saturated rings. The van der Waals surface area contributed by atoms with Crippen molar-refractivity contribution < 1.29 is 42.2 Å². The Morgan fingerprint density at radius 3 is 2.11 bits per heavy atom. The first-order valence-electron chi connectivity index (χ1n) is 11.1. The SMILES string of the molecule is CCC#CC[N+]12CCC(CC1)[C@@H](OC(=O)C(O)(c1cccs1)c1cccs1)C2.O=C([O-])C(F)(F)F. The number of nitrogens with zero attached hydrogens (tertiary/aromatic N) is 1. The van der Waals surface area contributed by atoms with Crippen LogP contribution in [0.2, 0.25) is 0 Å². The predicted molar refractivity (Wildman–Crippen MR) is 123 cm³/mol. The molecule has 1 N–H and O–H groups in total. The van der Waals surface area contributed by atoms with Gasteiger partial charge in [0.1, 0.15) is 19.1 Å². The van der Waals surface area contributed by atoms with Gasteiger partial charge in [0.15, 0.2) is 6.10 Å². The molecular weight excluding hydrogens is 503 g/mol. The van der Waals surface area contributed by atoms with Crippen molar-refractivity contribution in [3.8, 4) is 11.8 Å². The van der Waals surface area contributed by atoms with Gasteiger partial charge in [0.05, 0.1) is 22.8 Å². The molecule has 3 aliphatic rings. The fourth-order valence-electron chi connectivity index (χ4n) is 4.44. The Morgan fingerprint density at radius 1 is 1.14 bits per heavy atom. The number of alkyl halides is 3. The number of aliphatic carboxylic acids is 1. The minimum atomic E-state index is -5.19. The number of piperidine rings is 3. The van der Waals surface area contributed by atoms with E-state index in [0.717, 1.165) is 49.9 Å². The number of thiophene rings is 2. The second kappa shape index (κ2) is 11.1. The summed E-state index contributed by atoms with van der Waals surface area (Å²) in [5, 5.41) is 24.0. The molecule has 3 aliphatic heterocycles. The summed E-state index contributed by atoms with van der Waals surface area (Å²) in [6, 6.07) is 7.31. The highest BCUT2D eigenvalue weighted by Crippen LogP contribution is 2.40.